The van der Waals surface area contributed by atoms with Gasteiger partial charge in [0.25, 0.3) is 5.91 Å². The Bertz CT molecular complexity index is 1060. The lowest BCUT2D eigenvalue weighted by Crippen LogP contribution is -2.46. The Morgan fingerprint density at radius 3 is 2.44 bits per heavy atom. The minimum Gasteiger partial charge on any atom is -0.454 e. The average molecular weight is 476 g/mol. The highest BCUT2D eigenvalue weighted by atomic mass is 32.2. The third-order valence-corrected chi connectivity index (χ3v) is 9.34. The van der Waals surface area contributed by atoms with Gasteiger partial charge >= 0.3 is 5.97 Å². The van der Waals surface area contributed by atoms with Crippen molar-refractivity contribution in [2.75, 3.05) is 18.9 Å². The van der Waals surface area contributed by atoms with Crippen LogP contribution >= 0.6 is 11.8 Å². The molecule has 1 saturated carbocycles. The minimum atomic E-state index is -3.96. The van der Waals surface area contributed by atoms with Crippen molar-refractivity contribution in [3.05, 3.63) is 59.7 Å². The van der Waals surface area contributed by atoms with Crippen LogP contribution in [0.4, 0.5) is 0 Å². The molecule has 0 aliphatic heterocycles. The molecule has 2 aromatic rings. The van der Waals surface area contributed by atoms with Gasteiger partial charge in [-0.3, -0.25) is 9.59 Å². The van der Waals surface area contributed by atoms with E-state index in [1.54, 1.807) is 30.8 Å². The molecule has 0 atom stereocenters. The van der Waals surface area contributed by atoms with Crippen molar-refractivity contribution < 1.29 is 22.7 Å². The fraction of sp³-hybridized carbons (Fsp3) is 0.417. The molecule has 3 rings (SSSR count). The second kappa shape index (κ2) is 10.5. The lowest BCUT2D eigenvalue weighted by Gasteiger charge is -2.27. The van der Waals surface area contributed by atoms with Crippen LogP contribution in [0.1, 0.15) is 36.8 Å². The number of carbonyl (C=O) groups is 2. The summed E-state index contributed by atoms with van der Waals surface area (Å²) in [5, 5.41) is 2.71. The van der Waals surface area contributed by atoms with Crippen molar-refractivity contribution in [1.82, 2.24) is 5.32 Å². The molecule has 32 heavy (non-hydrogen) atoms. The van der Waals surface area contributed by atoms with Crippen molar-refractivity contribution in [1.29, 1.82) is 0 Å². The highest BCUT2D eigenvalue weighted by Gasteiger charge is 2.54. The smallest absolute Gasteiger partial charge is 0.328 e. The van der Waals surface area contributed by atoms with E-state index in [1.807, 2.05) is 43.3 Å². The molecule has 1 aliphatic carbocycles. The normalized spacial score (nSPS) is 15.3. The number of hydrogen-bond donors (Lipinski definition) is 1. The first-order valence-corrected chi connectivity index (χ1v) is 13.2. The molecule has 0 spiro atoms. The molecule has 0 saturated heterocycles. The van der Waals surface area contributed by atoms with Gasteiger partial charge in [-0.15, -0.1) is 11.8 Å². The van der Waals surface area contributed by atoms with Gasteiger partial charge in [0, 0.05) is 17.2 Å². The molecular weight excluding hydrogens is 446 g/mol. The van der Waals surface area contributed by atoms with E-state index in [4.69, 9.17) is 4.74 Å². The standard InChI is InChI=1S/C24H29NO5S2/c1-18-10-11-19(2)21(16-18)32(28,29)24(12-6-7-13-24)23(27)30-17-22(26)25-14-15-31-20-8-4-3-5-9-20/h3-5,8-11,16H,6-7,12-15,17H2,1-2H3,(H,25,26). The molecular formula is C24H29NO5S2. The van der Waals surface area contributed by atoms with Gasteiger partial charge in [0.2, 0.25) is 0 Å². The fourth-order valence-corrected chi connectivity index (χ4v) is 7.07. The van der Waals surface area contributed by atoms with Crippen LogP contribution in [0.15, 0.2) is 58.3 Å². The molecule has 1 fully saturated rings. The van der Waals surface area contributed by atoms with Crippen LogP contribution in [0, 0.1) is 13.8 Å². The third kappa shape index (κ3) is 5.35. The Morgan fingerprint density at radius 2 is 1.75 bits per heavy atom. The van der Waals surface area contributed by atoms with Gasteiger partial charge in [-0.2, -0.15) is 0 Å². The average Bonchev–Trinajstić information content (AvgIpc) is 3.29. The predicted molar refractivity (Wildman–Crippen MR) is 125 cm³/mol. The highest BCUT2D eigenvalue weighted by molar-refractivity contribution is 7.99. The summed E-state index contributed by atoms with van der Waals surface area (Å²) in [4.78, 5) is 26.4. The monoisotopic (exact) mass is 475 g/mol. The van der Waals surface area contributed by atoms with Crippen LogP contribution in [0.25, 0.3) is 0 Å². The van der Waals surface area contributed by atoms with Crippen LogP contribution in [0.5, 0.6) is 0 Å². The lowest BCUT2D eigenvalue weighted by molar-refractivity contribution is -0.151. The van der Waals surface area contributed by atoms with Gasteiger partial charge in [-0.25, -0.2) is 8.42 Å². The van der Waals surface area contributed by atoms with Gasteiger partial charge in [0.15, 0.2) is 21.2 Å². The van der Waals surface area contributed by atoms with E-state index in [1.165, 1.54) is 0 Å². The van der Waals surface area contributed by atoms with Crippen molar-refractivity contribution >= 4 is 33.5 Å². The third-order valence-electron chi connectivity index (χ3n) is 5.70. The molecule has 172 valence electrons. The summed E-state index contributed by atoms with van der Waals surface area (Å²) in [6.07, 6.45) is 1.66. The molecule has 0 heterocycles. The van der Waals surface area contributed by atoms with Crippen molar-refractivity contribution in [3.8, 4) is 0 Å². The largest absolute Gasteiger partial charge is 0.454 e. The van der Waals surface area contributed by atoms with Crippen molar-refractivity contribution in [3.63, 3.8) is 0 Å². The summed E-state index contributed by atoms with van der Waals surface area (Å²) >= 11 is 1.61. The Hall–Kier alpha value is -2.32. The number of thioether (sulfide) groups is 1. The first-order chi connectivity index (χ1) is 15.3. The van der Waals surface area contributed by atoms with Crippen LogP contribution in [-0.4, -0.2) is 43.9 Å². The highest BCUT2D eigenvalue weighted by Crippen LogP contribution is 2.42. The molecule has 8 heteroatoms. The van der Waals surface area contributed by atoms with Crippen molar-refractivity contribution in [2.45, 2.75) is 54.1 Å². The Kier molecular flexibility index (Phi) is 8.00. The van der Waals surface area contributed by atoms with E-state index < -0.39 is 33.1 Å². The second-order valence-electron chi connectivity index (χ2n) is 8.06. The van der Waals surface area contributed by atoms with Gasteiger partial charge in [0.05, 0.1) is 4.90 Å². The number of ether oxygens (including phenoxy) is 1. The zero-order valence-corrected chi connectivity index (χ0v) is 20.1. The molecule has 0 radical (unpaired) electrons. The van der Waals surface area contributed by atoms with Crippen LogP contribution in [-0.2, 0) is 24.2 Å². The number of aryl methyl sites for hydroxylation is 2. The number of amides is 1. The minimum absolute atomic E-state index is 0.165. The summed E-state index contributed by atoms with van der Waals surface area (Å²) < 4.78 is 30.7. The number of rotatable bonds is 9. The Morgan fingerprint density at radius 1 is 1.06 bits per heavy atom. The number of sulfone groups is 1. The molecule has 1 N–H and O–H groups in total. The molecule has 0 bridgehead atoms. The lowest BCUT2D eigenvalue weighted by atomic mass is 10.1. The molecule has 1 amide bonds. The van der Waals surface area contributed by atoms with Gasteiger partial charge in [0.1, 0.15) is 0 Å². The van der Waals surface area contributed by atoms with E-state index in [-0.39, 0.29) is 17.7 Å². The van der Waals surface area contributed by atoms with Gasteiger partial charge in [-0.1, -0.05) is 43.2 Å². The van der Waals surface area contributed by atoms with Crippen LogP contribution in [0.3, 0.4) is 0 Å². The van der Waals surface area contributed by atoms with E-state index in [2.05, 4.69) is 5.32 Å². The van der Waals surface area contributed by atoms with E-state index in [0.29, 0.717) is 30.7 Å². The number of benzene rings is 2. The summed E-state index contributed by atoms with van der Waals surface area (Å²) in [5.41, 5.74) is 1.41. The molecule has 6 nitrogen and oxygen atoms in total. The fourth-order valence-electron chi connectivity index (χ4n) is 3.93. The zero-order valence-electron chi connectivity index (χ0n) is 18.4. The summed E-state index contributed by atoms with van der Waals surface area (Å²) in [7, 11) is -3.96. The maximum Gasteiger partial charge on any atom is 0.328 e. The maximum atomic E-state index is 13.6. The molecule has 2 aromatic carbocycles. The summed E-state index contributed by atoms with van der Waals surface area (Å²) in [5.74, 6) is -0.594. The first kappa shape index (κ1) is 24.3. The number of esters is 1. The summed E-state index contributed by atoms with van der Waals surface area (Å²) in [6, 6.07) is 15.0. The maximum absolute atomic E-state index is 13.6. The Balaban J connectivity index is 1.60. The molecule has 1 aliphatic rings. The van der Waals surface area contributed by atoms with E-state index in [9.17, 15) is 18.0 Å². The number of carbonyl (C=O) groups excluding carboxylic acids is 2. The number of nitrogens with one attached hydrogen (secondary N) is 1. The zero-order chi connectivity index (χ0) is 23.2. The quantitative estimate of drug-likeness (QED) is 0.337. The number of hydrogen-bond acceptors (Lipinski definition) is 6. The van der Waals surface area contributed by atoms with Gasteiger partial charge < -0.3 is 10.1 Å². The van der Waals surface area contributed by atoms with Crippen LogP contribution in [0.2, 0.25) is 0 Å². The molecule has 0 unspecified atom stereocenters. The predicted octanol–water partition coefficient (Wildman–Crippen LogP) is 3.84. The Labute approximate surface area is 194 Å². The SMILES string of the molecule is Cc1ccc(C)c(S(=O)(=O)C2(C(=O)OCC(=O)NCCSc3ccccc3)CCCC2)c1. The van der Waals surface area contributed by atoms with Crippen LogP contribution < -0.4 is 5.32 Å². The van der Waals surface area contributed by atoms with Gasteiger partial charge in [-0.05, 0) is 56.0 Å². The second-order valence-corrected chi connectivity index (χ2v) is 11.5. The summed E-state index contributed by atoms with van der Waals surface area (Å²) in [6.45, 7) is 3.47. The first-order valence-electron chi connectivity index (χ1n) is 10.7. The van der Waals surface area contributed by atoms with E-state index >= 15 is 0 Å². The molecule has 0 aromatic heterocycles. The van der Waals surface area contributed by atoms with Crippen molar-refractivity contribution in [2.24, 2.45) is 0 Å². The topological polar surface area (TPSA) is 89.5 Å². The van der Waals surface area contributed by atoms with E-state index in [0.717, 1.165) is 10.5 Å².